The van der Waals surface area contributed by atoms with Crippen LogP contribution in [0.15, 0.2) is 58.8 Å². The van der Waals surface area contributed by atoms with E-state index in [1.165, 1.54) is 11.3 Å². The first-order valence-electron chi connectivity index (χ1n) is 9.42. The number of piperazine rings is 1. The molecule has 1 saturated heterocycles. The summed E-state index contributed by atoms with van der Waals surface area (Å²) in [5, 5.41) is 9.91. The molecular weight excluding hydrogens is 386 g/mol. The van der Waals surface area contributed by atoms with Crippen LogP contribution in [0.4, 0.5) is 11.4 Å². The molecule has 1 aliphatic rings. The lowest BCUT2D eigenvalue weighted by atomic mass is 10.2. The maximum Gasteiger partial charge on any atom is 0.275 e. The summed E-state index contributed by atoms with van der Waals surface area (Å²) in [6.07, 6.45) is 5.11. The fourth-order valence-corrected chi connectivity index (χ4v) is 4.26. The first-order valence-corrected chi connectivity index (χ1v) is 10.3. The van der Waals surface area contributed by atoms with Gasteiger partial charge < -0.3 is 20.0 Å². The van der Waals surface area contributed by atoms with Crippen molar-refractivity contribution < 1.29 is 9.21 Å². The number of fused-ring (bicyclic) bond motifs is 1. The zero-order chi connectivity index (χ0) is 19.6. The van der Waals surface area contributed by atoms with Gasteiger partial charge in [-0.2, -0.15) is 0 Å². The molecule has 2 N–H and O–H groups in total. The highest BCUT2D eigenvalue weighted by Gasteiger charge is 2.18. The van der Waals surface area contributed by atoms with Crippen molar-refractivity contribution >= 4 is 39.6 Å². The second-order valence-corrected chi connectivity index (χ2v) is 7.65. The van der Waals surface area contributed by atoms with E-state index in [1.54, 1.807) is 24.0 Å². The third kappa shape index (κ3) is 3.59. The smallest absolute Gasteiger partial charge is 0.275 e. The molecule has 0 spiro atoms. The first-order chi connectivity index (χ1) is 14.3. The van der Waals surface area contributed by atoms with Gasteiger partial charge in [-0.3, -0.25) is 9.78 Å². The molecule has 1 fully saturated rings. The number of hydrogen-bond donors (Lipinski definition) is 2. The molecule has 3 aromatic heterocycles. The van der Waals surface area contributed by atoms with Crippen molar-refractivity contribution in [2.45, 2.75) is 0 Å². The van der Waals surface area contributed by atoms with Gasteiger partial charge in [-0.05, 0) is 30.3 Å². The van der Waals surface area contributed by atoms with Gasteiger partial charge in [0.1, 0.15) is 16.3 Å². The summed E-state index contributed by atoms with van der Waals surface area (Å²) in [6, 6.07) is 9.74. The molecule has 4 aromatic rings. The molecule has 29 heavy (non-hydrogen) atoms. The average Bonchev–Trinajstić information content (AvgIpc) is 3.44. The molecule has 5 rings (SSSR count). The number of nitrogens with one attached hydrogen (secondary N) is 2. The van der Waals surface area contributed by atoms with Gasteiger partial charge in [-0.25, -0.2) is 4.98 Å². The quantitative estimate of drug-likeness (QED) is 0.540. The van der Waals surface area contributed by atoms with E-state index >= 15 is 0 Å². The number of carbonyl (C=O) groups excluding carboxylic acids is 1. The van der Waals surface area contributed by atoms with E-state index < -0.39 is 0 Å². The number of benzene rings is 1. The Morgan fingerprint density at radius 2 is 2.10 bits per heavy atom. The van der Waals surface area contributed by atoms with Gasteiger partial charge in [0.25, 0.3) is 5.91 Å². The maximum absolute atomic E-state index is 12.8. The van der Waals surface area contributed by atoms with Gasteiger partial charge in [0.15, 0.2) is 0 Å². The highest BCUT2D eigenvalue weighted by Crippen LogP contribution is 2.29. The molecule has 146 valence electrons. The summed E-state index contributed by atoms with van der Waals surface area (Å²) < 4.78 is 5.38. The van der Waals surface area contributed by atoms with Crippen LogP contribution in [-0.4, -0.2) is 42.1 Å². The summed E-state index contributed by atoms with van der Waals surface area (Å²) in [7, 11) is 0. The van der Waals surface area contributed by atoms with Gasteiger partial charge in [-0.15, -0.1) is 11.3 Å². The number of hydrogen-bond acceptors (Lipinski definition) is 7. The number of nitrogens with zero attached hydrogens (tertiary/aromatic N) is 3. The molecule has 0 unspecified atom stereocenters. The van der Waals surface area contributed by atoms with E-state index in [0.717, 1.165) is 53.4 Å². The Balaban J connectivity index is 1.37. The number of amides is 1. The highest BCUT2D eigenvalue weighted by molar-refractivity contribution is 7.13. The van der Waals surface area contributed by atoms with Gasteiger partial charge in [0.2, 0.25) is 0 Å². The van der Waals surface area contributed by atoms with Crippen LogP contribution in [0.25, 0.3) is 21.5 Å². The van der Waals surface area contributed by atoms with Crippen molar-refractivity contribution in [2.75, 3.05) is 36.4 Å². The van der Waals surface area contributed by atoms with Crippen LogP contribution in [-0.2, 0) is 0 Å². The molecule has 1 amide bonds. The fraction of sp³-hybridized carbons (Fsp3) is 0.190. The summed E-state index contributed by atoms with van der Waals surface area (Å²) in [5.41, 5.74) is 3.88. The van der Waals surface area contributed by atoms with Crippen LogP contribution in [0.5, 0.6) is 0 Å². The lowest BCUT2D eigenvalue weighted by molar-refractivity contribution is 0.102. The zero-order valence-corrected chi connectivity index (χ0v) is 16.4. The van der Waals surface area contributed by atoms with Crippen LogP contribution in [0.1, 0.15) is 10.5 Å². The number of carbonyl (C=O) groups is 1. The van der Waals surface area contributed by atoms with Crippen molar-refractivity contribution in [1.29, 1.82) is 0 Å². The number of aromatic nitrogens is 2. The Bertz CT molecular complexity index is 1160. The highest BCUT2D eigenvalue weighted by atomic mass is 32.1. The molecule has 0 radical (unpaired) electrons. The second kappa shape index (κ2) is 7.65. The lowest BCUT2D eigenvalue weighted by Gasteiger charge is -2.30. The van der Waals surface area contributed by atoms with Crippen LogP contribution in [0, 0.1) is 0 Å². The third-order valence-corrected chi connectivity index (χ3v) is 5.83. The average molecular weight is 405 g/mol. The Morgan fingerprint density at radius 1 is 1.21 bits per heavy atom. The van der Waals surface area contributed by atoms with E-state index in [0.29, 0.717) is 11.4 Å². The minimum absolute atomic E-state index is 0.235. The van der Waals surface area contributed by atoms with Gasteiger partial charge in [0.05, 0.1) is 23.8 Å². The molecule has 1 aromatic carbocycles. The topological polar surface area (TPSA) is 83.3 Å². The summed E-state index contributed by atoms with van der Waals surface area (Å²) >= 11 is 1.45. The van der Waals surface area contributed by atoms with Gasteiger partial charge >= 0.3 is 0 Å². The van der Waals surface area contributed by atoms with Crippen molar-refractivity contribution in [1.82, 2.24) is 15.3 Å². The van der Waals surface area contributed by atoms with Gasteiger partial charge in [0, 0.05) is 48.7 Å². The van der Waals surface area contributed by atoms with E-state index in [4.69, 9.17) is 4.42 Å². The predicted molar refractivity (Wildman–Crippen MR) is 115 cm³/mol. The van der Waals surface area contributed by atoms with E-state index in [1.807, 2.05) is 30.3 Å². The molecule has 4 heterocycles. The monoisotopic (exact) mass is 405 g/mol. The van der Waals surface area contributed by atoms with Crippen molar-refractivity contribution in [3.8, 4) is 10.6 Å². The van der Waals surface area contributed by atoms with E-state index in [-0.39, 0.29) is 5.91 Å². The Labute approximate surface area is 171 Å². The van der Waals surface area contributed by atoms with Crippen molar-refractivity contribution in [3.05, 3.63) is 60.1 Å². The SMILES string of the molecule is O=C(Nc1cnccc1N1CCNCC1)c1csc(-c2ccc3occc3c2)n1. The first kappa shape index (κ1) is 17.8. The number of rotatable bonds is 4. The van der Waals surface area contributed by atoms with Crippen molar-refractivity contribution in [3.63, 3.8) is 0 Å². The van der Waals surface area contributed by atoms with E-state index in [9.17, 15) is 4.79 Å². The second-order valence-electron chi connectivity index (χ2n) is 6.80. The number of pyridine rings is 1. The lowest BCUT2D eigenvalue weighted by Crippen LogP contribution is -2.43. The standard InChI is InChI=1S/C21H19N5O2S/c27-20(24-16-12-23-5-3-18(16)26-8-6-22-7-9-26)17-13-29-21(25-17)15-1-2-19-14(11-15)4-10-28-19/h1-5,10-13,22H,6-9H2,(H,24,27). The molecule has 1 aliphatic heterocycles. The molecule has 0 bridgehead atoms. The minimum Gasteiger partial charge on any atom is -0.464 e. The molecule has 7 nitrogen and oxygen atoms in total. The maximum atomic E-state index is 12.8. The number of furan rings is 1. The summed E-state index contributed by atoms with van der Waals surface area (Å²) in [4.78, 5) is 23.8. The normalized spacial score (nSPS) is 14.3. The molecule has 0 aliphatic carbocycles. The van der Waals surface area contributed by atoms with Crippen LogP contribution < -0.4 is 15.5 Å². The molecule has 0 saturated carbocycles. The van der Waals surface area contributed by atoms with Crippen molar-refractivity contribution in [2.24, 2.45) is 0 Å². The predicted octanol–water partition coefficient (Wildman–Crippen LogP) is 3.61. The van der Waals surface area contributed by atoms with Crippen LogP contribution in [0.2, 0.25) is 0 Å². The number of thiazole rings is 1. The van der Waals surface area contributed by atoms with Crippen LogP contribution >= 0.6 is 11.3 Å². The molecule has 8 heteroatoms. The van der Waals surface area contributed by atoms with Gasteiger partial charge in [-0.1, -0.05) is 0 Å². The largest absolute Gasteiger partial charge is 0.464 e. The molecular formula is C21H19N5O2S. The summed E-state index contributed by atoms with van der Waals surface area (Å²) in [6.45, 7) is 3.63. The third-order valence-electron chi connectivity index (χ3n) is 4.94. The fourth-order valence-electron chi connectivity index (χ4n) is 3.46. The Hall–Kier alpha value is -3.23. The Morgan fingerprint density at radius 3 is 3.00 bits per heavy atom. The summed E-state index contributed by atoms with van der Waals surface area (Å²) in [5.74, 6) is -0.235. The van der Waals surface area contributed by atoms with E-state index in [2.05, 4.69) is 25.5 Å². The van der Waals surface area contributed by atoms with Crippen LogP contribution in [0.3, 0.4) is 0 Å². The Kier molecular flexibility index (Phi) is 4.71. The molecule has 0 atom stereocenters. The minimum atomic E-state index is -0.235. The number of anilines is 2. The zero-order valence-electron chi connectivity index (χ0n) is 15.6.